The molecular weight excluding hydrogens is 409 g/mol. The minimum Gasteiger partial charge on any atom is -0.490 e. The highest BCUT2D eigenvalue weighted by Crippen LogP contribution is 2.33. The topological polar surface area (TPSA) is 86.2 Å². The van der Waals surface area contributed by atoms with Gasteiger partial charge in [-0.25, -0.2) is 0 Å². The predicted octanol–water partition coefficient (Wildman–Crippen LogP) is 4.18. The van der Waals surface area contributed by atoms with Crippen LogP contribution < -0.4 is 14.8 Å². The molecule has 3 aromatic rings. The zero-order valence-electron chi connectivity index (χ0n) is 15.1. The van der Waals surface area contributed by atoms with Crippen LogP contribution in [0.4, 0.5) is 18.3 Å². The molecular formula is C18H15F3N4O3S. The number of amides is 1. The Balaban J connectivity index is 1.73. The molecule has 0 radical (unpaired) electrons. The monoisotopic (exact) mass is 424 g/mol. The maximum atomic E-state index is 12.6. The van der Waals surface area contributed by atoms with E-state index in [0.717, 1.165) is 5.56 Å². The van der Waals surface area contributed by atoms with E-state index in [1.165, 1.54) is 12.1 Å². The van der Waals surface area contributed by atoms with Crippen molar-refractivity contribution in [2.45, 2.75) is 19.7 Å². The lowest BCUT2D eigenvalue weighted by atomic mass is 10.2. The van der Waals surface area contributed by atoms with Crippen LogP contribution in [-0.2, 0) is 12.8 Å². The number of carbonyl (C=O) groups excluding carboxylic acids is 1. The van der Waals surface area contributed by atoms with Crippen molar-refractivity contribution in [3.63, 3.8) is 0 Å². The third-order valence-electron chi connectivity index (χ3n) is 3.51. The Labute approximate surface area is 167 Å². The summed E-state index contributed by atoms with van der Waals surface area (Å²) in [4.78, 5) is 16.4. The van der Waals surface area contributed by atoms with Gasteiger partial charge in [0.25, 0.3) is 5.91 Å². The number of anilines is 1. The first-order valence-electron chi connectivity index (χ1n) is 8.37. The summed E-state index contributed by atoms with van der Waals surface area (Å²) in [7, 11) is 0. The van der Waals surface area contributed by atoms with Gasteiger partial charge >= 0.3 is 6.18 Å². The van der Waals surface area contributed by atoms with Gasteiger partial charge in [-0.1, -0.05) is 17.4 Å². The van der Waals surface area contributed by atoms with E-state index in [9.17, 15) is 18.0 Å². The number of aromatic nitrogens is 3. The molecule has 152 valence electrons. The highest BCUT2D eigenvalue weighted by atomic mass is 32.1. The predicted molar refractivity (Wildman–Crippen MR) is 99.0 cm³/mol. The van der Waals surface area contributed by atoms with E-state index in [1.54, 1.807) is 31.5 Å². The Morgan fingerprint density at radius 1 is 1.17 bits per heavy atom. The molecule has 3 rings (SSSR count). The molecule has 0 spiro atoms. The Kier molecular flexibility index (Phi) is 6.27. The van der Waals surface area contributed by atoms with Gasteiger partial charge in [0.2, 0.25) is 10.1 Å². The summed E-state index contributed by atoms with van der Waals surface area (Å²) in [5, 5.41) is 7.28. The Morgan fingerprint density at radius 2 is 2.00 bits per heavy atom. The van der Waals surface area contributed by atoms with Gasteiger partial charge in [0.15, 0.2) is 11.5 Å². The summed E-state index contributed by atoms with van der Waals surface area (Å²) in [5.41, 5.74) is 1.03. The number of pyridine rings is 1. The molecule has 1 amide bonds. The van der Waals surface area contributed by atoms with E-state index in [-0.39, 0.29) is 28.6 Å². The molecule has 1 aromatic carbocycles. The van der Waals surface area contributed by atoms with E-state index in [2.05, 4.69) is 20.5 Å². The first-order chi connectivity index (χ1) is 13.9. The average molecular weight is 424 g/mol. The standard InChI is InChI=1S/C18H15F3N4O3S/c1-2-27-14-8-12(5-6-13(14)28-10-11-4-3-7-22-9-11)15(26)23-17-25-24-16(29-17)18(19,20)21/h3-9H,2,10H2,1H3,(H,23,25,26). The lowest BCUT2D eigenvalue weighted by molar-refractivity contribution is -0.138. The molecule has 0 unspecified atom stereocenters. The van der Waals surface area contributed by atoms with Crippen LogP contribution in [0.15, 0.2) is 42.7 Å². The number of rotatable bonds is 7. The molecule has 0 aliphatic heterocycles. The van der Waals surface area contributed by atoms with Crippen molar-refractivity contribution in [3.8, 4) is 11.5 Å². The molecule has 0 saturated carbocycles. The second kappa shape index (κ2) is 8.86. The Hall–Kier alpha value is -3.21. The summed E-state index contributed by atoms with van der Waals surface area (Å²) in [5.74, 6) is 0.106. The summed E-state index contributed by atoms with van der Waals surface area (Å²) in [6.07, 6.45) is -1.30. The van der Waals surface area contributed by atoms with Crippen molar-refractivity contribution in [2.24, 2.45) is 0 Å². The quantitative estimate of drug-likeness (QED) is 0.612. The van der Waals surface area contributed by atoms with Crippen LogP contribution in [0.25, 0.3) is 0 Å². The zero-order valence-corrected chi connectivity index (χ0v) is 15.9. The van der Waals surface area contributed by atoms with Crippen LogP contribution in [0.2, 0.25) is 0 Å². The largest absolute Gasteiger partial charge is 0.490 e. The fourth-order valence-corrected chi connectivity index (χ4v) is 2.84. The molecule has 0 aliphatic rings. The first kappa shape index (κ1) is 20.5. The van der Waals surface area contributed by atoms with E-state index >= 15 is 0 Å². The minimum atomic E-state index is -4.62. The average Bonchev–Trinajstić information content (AvgIpc) is 3.17. The SMILES string of the molecule is CCOc1cc(C(=O)Nc2nnc(C(F)(F)F)s2)ccc1OCc1cccnc1. The van der Waals surface area contributed by atoms with Crippen molar-refractivity contribution >= 4 is 22.4 Å². The van der Waals surface area contributed by atoms with Crippen LogP contribution in [0.3, 0.4) is 0 Å². The first-order valence-corrected chi connectivity index (χ1v) is 9.19. The number of nitrogens with zero attached hydrogens (tertiary/aromatic N) is 3. The van der Waals surface area contributed by atoms with Gasteiger partial charge in [0, 0.05) is 23.5 Å². The fraction of sp³-hybridized carbons (Fsp3) is 0.222. The van der Waals surface area contributed by atoms with E-state index < -0.39 is 17.1 Å². The van der Waals surface area contributed by atoms with Crippen molar-refractivity contribution < 1.29 is 27.4 Å². The minimum absolute atomic E-state index is 0.172. The summed E-state index contributed by atoms with van der Waals surface area (Å²) < 4.78 is 49.0. The third-order valence-corrected chi connectivity index (χ3v) is 4.39. The molecule has 2 aromatic heterocycles. The second-order valence-electron chi connectivity index (χ2n) is 5.61. The van der Waals surface area contributed by atoms with Crippen LogP contribution in [0.5, 0.6) is 11.5 Å². The number of carbonyl (C=O) groups is 1. The van der Waals surface area contributed by atoms with Gasteiger partial charge in [0.05, 0.1) is 6.61 Å². The molecule has 7 nitrogen and oxygen atoms in total. The summed E-state index contributed by atoms with van der Waals surface area (Å²) in [6, 6.07) is 8.11. The fourth-order valence-electron chi connectivity index (χ4n) is 2.24. The van der Waals surface area contributed by atoms with Crippen LogP contribution in [-0.4, -0.2) is 27.7 Å². The van der Waals surface area contributed by atoms with Crippen molar-refractivity contribution in [1.82, 2.24) is 15.2 Å². The number of halogens is 3. The number of ether oxygens (including phenoxy) is 2. The molecule has 0 atom stereocenters. The van der Waals surface area contributed by atoms with Gasteiger partial charge in [-0.2, -0.15) is 13.2 Å². The smallest absolute Gasteiger partial charge is 0.445 e. The van der Waals surface area contributed by atoms with Crippen LogP contribution in [0.1, 0.15) is 27.9 Å². The lowest BCUT2D eigenvalue weighted by Gasteiger charge is -2.13. The molecule has 1 N–H and O–H groups in total. The van der Waals surface area contributed by atoms with Crippen molar-refractivity contribution in [3.05, 3.63) is 58.9 Å². The van der Waals surface area contributed by atoms with Crippen molar-refractivity contribution in [2.75, 3.05) is 11.9 Å². The van der Waals surface area contributed by atoms with Gasteiger partial charge < -0.3 is 9.47 Å². The molecule has 11 heteroatoms. The van der Waals surface area contributed by atoms with E-state index in [0.29, 0.717) is 18.1 Å². The number of benzene rings is 1. The third kappa shape index (κ3) is 5.41. The highest BCUT2D eigenvalue weighted by Gasteiger charge is 2.35. The highest BCUT2D eigenvalue weighted by molar-refractivity contribution is 7.15. The Morgan fingerprint density at radius 3 is 2.66 bits per heavy atom. The number of nitrogens with one attached hydrogen (secondary N) is 1. The van der Waals surface area contributed by atoms with Gasteiger partial charge in [-0.05, 0) is 31.2 Å². The maximum absolute atomic E-state index is 12.6. The van der Waals surface area contributed by atoms with Crippen LogP contribution >= 0.6 is 11.3 Å². The van der Waals surface area contributed by atoms with Gasteiger partial charge in [-0.3, -0.25) is 15.1 Å². The number of hydrogen-bond acceptors (Lipinski definition) is 7. The van der Waals surface area contributed by atoms with Crippen LogP contribution in [0, 0.1) is 0 Å². The molecule has 0 aliphatic carbocycles. The second-order valence-corrected chi connectivity index (χ2v) is 6.59. The molecule has 0 bridgehead atoms. The molecule has 29 heavy (non-hydrogen) atoms. The van der Waals surface area contributed by atoms with Gasteiger partial charge in [-0.15, -0.1) is 10.2 Å². The number of alkyl halides is 3. The van der Waals surface area contributed by atoms with E-state index in [1.807, 2.05) is 6.07 Å². The number of hydrogen-bond donors (Lipinski definition) is 1. The molecule has 2 heterocycles. The van der Waals surface area contributed by atoms with E-state index in [4.69, 9.17) is 9.47 Å². The maximum Gasteiger partial charge on any atom is 0.445 e. The molecule has 0 saturated heterocycles. The zero-order chi connectivity index (χ0) is 20.9. The summed E-state index contributed by atoms with van der Waals surface area (Å²) >= 11 is 0.245. The Bertz CT molecular complexity index is 980. The summed E-state index contributed by atoms with van der Waals surface area (Å²) in [6.45, 7) is 2.36. The lowest BCUT2D eigenvalue weighted by Crippen LogP contribution is -2.12. The normalized spacial score (nSPS) is 11.2. The van der Waals surface area contributed by atoms with Crippen molar-refractivity contribution in [1.29, 1.82) is 0 Å². The van der Waals surface area contributed by atoms with Gasteiger partial charge in [0.1, 0.15) is 6.61 Å². The molecule has 0 fully saturated rings.